The number of rotatable bonds is 4. The molecule has 0 aliphatic carbocycles. The predicted molar refractivity (Wildman–Crippen MR) is 71.9 cm³/mol. The van der Waals surface area contributed by atoms with Crippen LogP contribution in [0.3, 0.4) is 0 Å². The number of aliphatic carboxylic acids is 1. The fourth-order valence-corrected chi connectivity index (χ4v) is 2.56. The molecule has 0 aromatic heterocycles. The number of hydrogen-bond acceptors (Lipinski definition) is 3. The molecule has 1 saturated heterocycles. The van der Waals surface area contributed by atoms with Gasteiger partial charge in [-0.25, -0.2) is 4.39 Å². The van der Waals surface area contributed by atoms with Crippen LogP contribution in [0, 0.1) is 5.82 Å². The fraction of sp³-hybridized carbons (Fsp3) is 0.500. The number of nitrogens with zero attached hydrogens (tertiary/aromatic N) is 1. The van der Waals surface area contributed by atoms with E-state index >= 15 is 0 Å². The quantitative estimate of drug-likeness (QED) is 0.873. The monoisotopic (exact) mass is 266 g/mol. The van der Waals surface area contributed by atoms with Gasteiger partial charge in [0.1, 0.15) is 5.82 Å². The number of carbonyl (C=O) groups is 1. The van der Waals surface area contributed by atoms with Crippen LogP contribution in [0.25, 0.3) is 0 Å². The average molecular weight is 266 g/mol. The number of hydrogen-bond donors (Lipinski definition) is 2. The second-order valence-electron chi connectivity index (χ2n) is 5.05. The van der Waals surface area contributed by atoms with Crippen molar-refractivity contribution in [2.45, 2.75) is 31.8 Å². The summed E-state index contributed by atoms with van der Waals surface area (Å²) in [5.74, 6) is -1.02. The van der Waals surface area contributed by atoms with Crippen molar-refractivity contribution >= 4 is 11.7 Å². The third kappa shape index (κ3) is 3.67. The Labute approximate surface area is 112 Å². The summed E-state index contributed by atoms with van der Waals surface area (Å²) in [5, 5.41) is 12.1. The van der Waals surface area contributed by atoms with Crippen LogP contribution in [0.2, 0.25) is 0 Å². The Balaban J connectivity index is 2.05. The molecule has 0 radical (unpaired) electrons. The molecule has 1 aliphatic heterocycles. The minimum atomic E-state index is -0.794. The number of halogens is 1. The Hall–Kier alpha value is -1.62. The zero-order chi connectivity index (χ0) is 13.8. The summed E-state index contributed by atoms with van der Waals surface area (Å²) in [6, 6.07) is 7.01. The van der Waals surface area contributed by atoms with Gasteiger partial charge in [-0.05, 0) is 25.5 Å². The second kappa shape index (κ2) is 6.02. The minimum absolute atomic E-state index is 0.0828. The molecule has 19 heavy (non-hydrogen) atoms. The summed E-state index contributed by atoms with van der Waals surface area (Å²) >= 11 is 0. The lowest BCUT2D eigenvalue weighted by Gasteiger charge is -2.39. The Kier molecular flexibility index (Phi) is 4.37. The van der Waals surface area contributed by atoms with Crippen LogP contribution >= 0.6 is 0 Å². The van der Waals surface area contributed by atoms with Gasteiger partial charge in [0.05, 0.1) is 5.69 Å². The second-order valence-corrected chi connectivity index (χ2v) is 5.05. The predicted octanol–water partition coefficient (Wildman–Crippen LogP) is 1.86. The molecule has 0 amide bonds. The highest BCUT2D eigenvalue weighted by molar-refractivity contribution is 5.66. The van der Waals surface area contributed by atoms with Gasteiger partial charge in [0.25, 0.3) is 0 Å². The molecule has 5 heteroatoms. The van der Waals surface area contributed by atoms with Gasteiger partial charge >= 0.3 is 5.97 Å². The van der Waals surface area contributed by atoms with Gasteiger partial charge in [-0.1, -0.05) is 12.1 Å². The van der Waals surface area contributed by atoms with E-state index in [4.69, 9.17) is 5.11 Å². The Morgan fingerprint density at radius 2 is 2.21 bits per heavy atom. The molecule has 4 nitrogen and oxygen atoms in total. The van der Waals surface area contributed by atoms with E-state index in [-0.39, 0.29) is 24.3 Å². The zero-order valence-electron chi connectivity index (χ0n) is 11.0. The number of nitrogens with one attached hydrogen (secondary N) is 1. The summed E-state index contributed by atoms with van der Waals surface area (Å²) in [7, 11) is 0. The summed E-state index contributed by atoms with van der Waals surface area (Å²) in [6.07, 6.45) is 0.695. The molecule has 2 N–H and O–H groups in total. The Morgan fingerprint density at radius 1 is 1.47 bits per heavy atom. The maximum Gasteiger partial charge on any atom is 0.303 e. The average Bonchev–Trinajstić information content (AvgIpc) is 2.36. The van der Waals surface area contributed by atoms with Gasteiger partial charge in [0, 0.05) is 31.6 Å². The largest absolute Gasteiger partial charge is 0.481 e. The molecule has 1 aliphatic rings. The van der Waals surface area contributed by atoms with E-state index in [9.17, 15) is 9.18 Å². The first-order chi connectivity index (χ1) is 9.06. The first-order valence-corrected chi connectivity index (χ1v) is 6.53. The molecular weight excluding hydrogens is 247 g/mol. The highest BCUT2D eigenvalue weighted by atomic mass is 19.1. The van der Waals surface area contributed by atoms with Crippen molar-refractivity contribution in [1.82, 2.24) is 5.32 Å². The molecule has 0 saturated carbocycles. The summed E-state index contributed by atoms with van der Waals surface area (Å²) < 4.78 is 13.8. The van der Waals surface area contributed by atoms with Gasteiger partial charge in [0.15, 0.2) is 0 Å². The molecule has 0 bridgehead atoms. The van der Waals surface area contributed by atoms with E-state index in [1.54, 1.807) is 12.1 Å². The smallest absolute Gasteiger partial charge is 0.303 e. The van der Waals surface area contributed by atoms with Crippen LogP contribution in [-0.2, 0) is 4.79 Å². The van der Waals surface area contributed by atoms with Crippen molar-refractivity contribution in [2.75, 3.05) is 18.0 Å². The number of piperazine rings is 1. The molecular formula is C14H19FN2O2. The highest BCUT2D eigenvalue weighted by Gasteiger charge is 2.25. The molecule has 2 atom stereocenters. The molecule has 1 aromatic rings. The first kappa shape index (κ1) is 13.8. The van der Waals surface area contributed by atoms with Crippen LogP contribution in [0.15, 0.2) is 24.3 Å². The van der Waals surface area contributed by atoms with Gasteiger partial charge in [-0.3, -0.25) is 4.79 Å². The van der Waals surface area contributed by atoms with E-state index < -0.39 is 5.97 Å². The van der Waals surface area contributed by atoms with Gasteiger partial charge in [0.2, 0.25) is 0 Å². The Morgan fingerprint density at radius 3 is 2.89 bits per heavy atom. The van der Waals surface area contributed by atoms with Crippen LogP contribution in [0.4, 0.5) is 10.1 Å². The lowest BCUT2D eigenvalue weighted by Crippen LogP contribution is -2.55. The summed E-state index contributed by atoms with van der Waals surface area (Å²) in [5.41, 5.74) is 0.594. The zero-order valence-corrected chi connectivity index (χ0v) is 11.0. The first-order valence-electron chi connectivity index (χ1n) is 6.53. The number of benzene rings is 1. The van der Waals surface area contributed by atoms with Crippen molar-refractivity contribution in [3.05, 3.63) is 30.1 Å². The van der Waals surface area contributed by atoms with Crippen LogP contribution < -0.4 is 10.2 Å². The molecule has 1 fully saturated rings. The van der Waals surface area contributed by atoms with Crippen LogP contribution in [-0.4, -0.2) is 36.2 Å². The third-order valence-corrected chi connectivity index (χ3v) is 3.36. The summed E-state index contributed by atoms with van der Waals surface area (Å²) in [4.78, 5) is 12.6. The third-order valence-electron chi connectivity index (χ3n) is 3.36. The molecule has 0 spiro atoms. The van der Waals surface area contributed by atoms with Crippen LogP contribution in [0.5, 0.6) is 0 Å². The van der Waals surface area contributed by atoms with Crippen molar-refractivity contribution < 1.29 is 14.3 Å². The maximum atomic E-state index is 13.8. The molecule has 1 aromatic carbocycles. The van der Waals surface area contributed by atoms with E-state index in [1.807, 2.05) is 17.9 Å². The highest BCUT2D eigenvalue weighted by Crippen LogP contribution is 2.22. The van der Waals surface area contributed by atoms with E-state index in [0.717, 1.165) is 6.54 Å². The lowest BCUT2D eigenvalue weighted by molar-refractivity contribution is -0.137. The van der Waals surface area contributed by atoms with Gasteiger partial charge in [-0.15, -0.1) is 0 Å². The normalized spacial score (nSPS) is 23.4. The van der Waals surface area contributed by atoms with Crippen molar-refractivity contribution in [3.63, 3.8) is 0 Å². The topological polar surface area (TPSA) is 52.6 Å². The minimum Gasteiger partial charge on any atom is -0.481 e. The van der Waals surface area contributed by atoms with Crippen LogP contribution in [0.1, 0.15) is 19.8 Å². The standard InChI is InChI=1S/C14H19FN2O2/c1-10-8-17(13-5-3-2-4-12(13)15)9-11(16-10)6-7-14(18)19/h2-5,10-11,16H,6-9H2,1H3,(H,18,19). The maximum absolute atomic E-state index is 13.8. The molecule has 2 rings (SSSR count). The fourth-order valence-electron chi connectivity index (χ4n) is 2.56. The van der Waals surface area contributed by atoms with Crippen molar-refractivity contribution in [2.24, 2.45) is 0 Å². The van der Waals surface area contributed by atoms with E-state index in [0.29, 0.717) is 18.7 Å². The summed E-state index contributed by atoms with van der Waals surface area (Å²) in [6.45, 7) is 3.39. The van der Waals surface area contributed by atoms with Crippen molar-refractivity contribution in [1.29, 1.82) is 0 Å². The molecule has 1 heterocycles. The van der Waals surface area contributed by atoms with E-state index in [1.165, 1.54) is 6.07 Å². The SMILES string of the molecule is CC1CN(c2ccccc2F)CC(CCC(=O)O)N1. The van der Waals surface area contributed by atoms with Crippen molar-refractivity contribution in [3.8, 4) is 0 Å². The number of carboxylic acid groups (broad SMARTS) is 1. The molecule has 104 valence electrons. The lowest BCUT2D eigenvalue weighted by atomic mass is 10.0. The van der Waals surface area contributed by atoms with E-state index in [2.05, 4.69) is 5.32 Å². The van der Waals surface area contributed by atoms with Gasteiger partial charge in [-0.2, -0.15) is 0 Å². The molecule has 2 unspecified atom stereocenters. The number of anilines is 1. The number of carboxylic acids is 1. The number of para-hydroxylation sites is 1. The Bertz CT molecular complexity index is 453. The van der Waals surface area contributed by atoms with Gasteiger partial charge < -0.3 is 15.3 Å².